The maximum absolute atomic E-state index is 15.2. The van der Waals surface area contributed by atoms with Gasteiger partial charge in [0.15, 0.2) is 0 Å². The number of primary amides is 1. The van der Waals surface area contributed by atoms with Crippen LogP contribution in [-0.2, 0) is 25.6 Å². The van der Waals surface area contributed by atoms with E-state index in [1.165, 1.54) is 69.7 Å². The molecule has 11 rings (SSSR count). The first-order valence-electron chi connectivity index (χ1n) is 28.4. The lowest BCUT2D eigenvalue weighted by atomic mass is 9.98. The van der Waals surface area contributed by atoms with Crippen molar-refractivity contribution in [1.82, 2.24) is 66.4 Å². The third-order valence-electron chi connectivity index (χ3n) is 15.1. The van der Waals surface area contributed by atoms with E-state index in [2.05, 4.69) is 41.5 Å². The predicted octanol–water partition coefficient (Wildman–Crippen LogP) is 5.36. The molecular weight excluding hydrogens is 1320 g/mol. The van der Waals surface area contributed by atoms with Crippen LogP contribution in [-0.4, -0.2) is 150 Å². The average molecular weight is 1370 g/mol. The zero-order valence-electron chi connectivity index (χ0n) is 49.3. The molecule has 7 aromatic heterocycles. The number of carbonyl (C=O) groups excluding carboxylic acids is 7. The molecule has 1 fully saturated rings. The fraction of sp³-hybridized carbons (Fsp3) is 0.283. The van der Waals surface area contributed by atoms with Gasteiger partial charge in [-0.25, -0.2) is 34.9 Å². The molecule has 12 N–H and O–H groups in total. The van der Waals surface area contributed by atoms with Crippen molar-refractivity contribution in [1.29, 1.82) is 0 Å². The number of thiazole rings is 6. The summed E-state index contributed by atoms with van der Waals surface area (Å²) in [5.41, 5.74) is 5.95. The highest BCUT2D eigenvalue weighted by molar-refractivity contribution is 7.15. The second kappa shape index (κ2) is 27.2. The number of nitrogens with two attached hydrogens (primary N) is 1. The van der Waals surface area contributed by atoms with Crippen molar-refractivity contribution < 1.29 is 63.9 Å². The van der Waals surface area contributed by atoms with E-state index >= 15 is 4.79 Å². The maximum atomic E-state index is 15.2. The fourth-order valence-corrected chi connectivity index (χ4v) is 15.6. The van der Waals surface area contributed by atoms with Crippen LogP contribution in [0.25, 0.3) is 43.4 Å². The number of aromatic nitrogens is 7. The number of aromatic hydroxyl groups is 1. The van der Waals surface area contributed by atoms with Crippen molar-refractivity contribution >= 4 is 115 Å². The van der Waals surface area contributed by atoms with Crippen molar-refractivity contribution in [3.8, 4) is 49.1 Å². The number of carbonyl (C=O) groups is 8. The van der Waals surface area contributed by atoms with Crippen LogP contribution in [0.2, 0.25) is 0 Å². The molecule has 2 aliphatic heterocycles. The topological polar surface area (TPSA) is 417 Å². The first-order chi connectivity index (χ1) is 44.4. The van der Waals surface area contributed by atoms with Crippen LogP contribution in [0, 0.1) is 12.8 Å². The Bertz CT molecular complexity index is 4350. The predicted molar refractivity (Wildman–Crippen MR) is 344 cm³/mol. The molecule has 0 spiro atoms. The molecule has 9 aromatic rings. The number of aliphatic carboxylic acids is 1. The number of phenols is 1. The number of carboxylic acids is 1. The number of aryl methyl sites for hydroxylation is 1. The maximum Gasteiger partial charge on any atom is 0.322 e. The molecule has 0 aliphatic carbocycles. The lowest BCUT2D eigenvalue weighted by molar-refractivity contribution is -0.139. The van der Waals surface area contributed by atoms with Gasteiger partial charge in [0.1, 0.15) is 106 Å². The number of hydrogen-bond donors (Lipinski definition) is 11. The van der Waals surface area contributed by atoms with Gasteiger partial charge in [-0.05, 0) is 56.2 Å². The van der Waals surface area contributed by atoms with Crippen LogP contribution in [0.1, 0.15) is 124 Å². The Morgan fingerprint density at radius 2 is 1.34 bits per heavy atom. The molecule has 2 aromatic carbocycles. The number of rotatable bonds is 13. The largest absolute Gasteiger partial charge is 0.508 e. The van der Waals surface area contributed by atoms with Crippen LogP contribution in [0.4, 0.5) is 0 Å². The van der Waals surface area contributed by atoms with E-state index in [-0.39, 0.29) is 72.9 Å². The third-order valence-corrected chi connectivity index (χ3v) is 20.6. The molecule has 0 radical (unpaired) electrons. The molecule has 480 valence electrons. The van der Waals surface area contributed by atoms with E-state index in [4.69, 9.17) is 30.8 Å². The quantitative estimate of drug-likeness (QED) is 0.0692. The lowest BCUT2D eigenvalue weighted by Gasteiger charge is -2.29. The molecular formula is C60H56N14O13S6. The summed E-state index contributed by atoms with van der Waals surface area (Å²) in [6.07, 6.45) is -2.96. The summed E-state index contributed by atoms with van der Waals surface area (Å²) < 4.78 is 0. The monoisotopic (exact) mass is 1370 g/mol. The smallest absolute Gasteiger partial charge is 0.322 e. The summed E-state index contributed by atoms with van der Waals surface area (Å²) in [5, 5.41) is 76.2. The number of nitrogens with one attached hydrogen (secondary N) is 5. The van der Waals surface area contributed by atoms with E-state index in [0.717, 1.165) is 45.3 Å². The number of benzene rings is 2. The number of nitrogens with zero attached hydrogens (tertiary/aromatic N) is 8. The zero-order chi connectivity index (χ0) is 66.2. The lowest BCUT2D eigenvalue weighted by Crippen LogP contribution is -2.58. The Hall–Kier alpha value is -9.19. The van der Waals surface area contributed by atoms with Gasteiger partial charge in [0.05, 0.1) is 35.9 Å². The number of carboxylic acid groups (broad SMARTS) is 1. The van der Waals surface area contributed by atoms with E-state index in [1.54, 1.807) is 79.2 Å². The first-order valence-corrected chi connectivity index (χ1v) is 33.6. The first kappa shape index (κ1) is 65.3. The Balaban J connectivity index is 0.994. The number of aliphatic hydroxyl groups is 3. The highest BCUT2D eigenvalue weighted by atomic mass is 32.1. The number of pyridine rings is 1. The van der Waals surface area contributed by atoms with Gasteiger partial charge in [0.2, 0.25) is 17.7 Å². The van der Waals surface area contributed by atoms with Gasteiger partial charge in [-0.15, -0.1) is 68.0 Å². The molecule has 33 heteroatoms. The average Bonchev–Trinajstić information content (AvgIpc) is 1.68. The SMILES string of the molecule is Cc1sc2nc1C(=O)N[C@@H]([C@H](O)c1ccccc1)c1nc(cs1)C(=O)N[C@@H](Cc1ccc(O)cc1)C(=O)N1C[C@H](O)[C@H](C)[C@H]1c1nc(cs1)-c1nc(cs1)-c1nc(-c3nc(C(=O)N[C@@H](C(=O)NCC(=O)O)C(C)(C)O)cs3)ccc1-c1nc(cs1)C(=O)N[C@H]2CC(N)=O. The van der Waals surface area contributed by atoms with Gasteiger partial charge in [0, 0.05) is 56.2 Å². The van der Waals surface area contributed by atoms with Crippen LogP contribution >= 0.6 is 68.0 Å². The van der Waals surface area contributed by atoms with E-state index < -0.39 is 114 Å². The Morgan fingerprint density at radius 3 is 2.06 bits per heavy atom. The molecule has 0 unspecified atom stereocenters. The Morgan fingerprint density at radius 1 is 0.710 bits per heavy atom. The van der Waals surface area contributed by atoms with Gasteiger partial charge in [0.25, 0.3) is 23.6 Å². The molecule has 7 amide bonds. The minimum absolute atomic E-state index is 0.0252. The summed E-state index contributed by atoms with van der Waals surface area (Å²) in [6.45, 7) is 5.04. The van der Waals surface area contributed by atoms with Gasteiger partial charge in [-0.1, -0.05) is 49.4 Å². The van der Waals surface area contributed by atoms with Gasteiger partial charge < -0.3 is 62.8 Å². The Kier molecular flexibility index (Phi) is 19.1. The van der Waals surface area contributed by atoms with Crippen LogP contribution in [0.5, 0.6) is 5.75 Å². The second-order valence-corrected chi connectivity index (χ2v) is 27.8. The number of amides is 7. The molecule has 27 nitrogen and oxygen atoms in total. The van der Waals surface area contributed by atoms with Crippen LogP contribution < -0.4 is 32.3 Å². The van der Waals surface area contributed by atoms with E-state index in [1.807, 2.05) is 0 Å². The van der Waals surface area contributed by atoms with Gasteiger partial charge >= 0.3 is 5.97 Å². The molecule has 9 heterocycles. The van der Waals surface area contributed by atoms with Crippen molar-refractivity contribution in [2.45, 2.75) is 88.6 Å². The summed E-state index contributed by atoms with van der Waals surface area (Å²) >= 11 is 6.52. The van der Waals surface area contributed by atoms with Gasteiger partial charge in [-0.2, -0.15) is 0 Å². The van der Waals surface area contributed by atoms with E-state index in [0.29, 0.717) is 43.0 Å². The molecule has 10 bridgehead atoms. The van der Waals surface area contributed by atoms with Crippen LogP contribution in [0.15, 0.2) is 93.6 Å². The summed E-state index contributed by atoms with van der Waals surface area (Å²) in [4.78, 5) is 144. The standard InChI is InChI=1S/C60H56N14O13S6/c1-25-39(76)19-74-45(25)58-70-38(24-92-58)55-66-34(20-89-55)43-30(14-15-31(63-43)54-68-37(22-90-54)50(83)73-47(60(3,4)87)52(85)62-18-41(78)79)53-67-35(21-88-53)48(81)64-32(17-40(61)77)56-72-42(26(2)93-56)51(84)71-44(46(80)28-8-6-5-7-9-28)57-69-36(23-91-57)49(82)65-33(59(74)86)16-27-10-12-29(75)13-11-27/h5-15,20-25,32-33,39,44-47,75-76,80,87H,16-19H2,1-4H3,(H2,61,77)(H,62,85)(H,64,81)(H,65,82)(H,71,84)(H,73,83)(H,78,79)/t25-,32-,33-,39-,44-,45-,46+,47-/m0/s1. The second-order valence-electron chi connectivity index (χ2n) is 22.2. The molecule has 2 aliphatic rings. The third kappa shape index (κ3) is 14.4. The van der Waals surface area contributed by atoms with E-state index in [9.17, 15) is 54.0 Å². The highest BCUT2D eigenvalue weighted by Crippen LogP contribution is 2.43. The molecule has 0 saturated carbocycles. The number of phenolic OH excluding ortho intramolecular Hbond substituents is 1. The molecule has 1 saturated heterocycles. The number of fused-ring (bicyclic) bond motifs is 16. The molecule has 93 heavy (non-hydrogen) atoms. The zero-order valence-corrected chi connectivity index (χ0v) is 54.2. The summed E-state index contributed by atoms with van der Waals surface area (Å²) in [7, 11) is 0. The van der Waals surface area contributed by atoms with Gasteiger partial charge in [-0.3, -0.25) is 38.4 Å². The fourth-order valence-electron chi connectivity index (χ4n) is 10.3. The minimum Gasteiger partial charge on any atom is -0.508 e. The Labute approximate surface area is 551 Å². The van der Waals surface area contributed by atoms with Crippen LogP contribution in [0.3, 0.4) is 0 Å². The van der Waals surface area contributed by atoms with Crippen molar-refractivity contribution in [2.24, 2.45) is 11.7 Å². The summed E-state index contributed by atoms with van der Waals surface area (Å²) in [6, 6.07) is 11.7. The van der Waals surface area contributed by atoms with Crippen molar-refractivity contribution in [3.63, 3.8) is 0 Å². The highest BCUT2D eigenvalue weighted by Gasteiger charge is 2.46. The molecule has 8 atom stereocenters. The van der Waals surface area contributed by atoms with Crippen molar-refractivity contribution in [2.75, 3.05) is 13.1 Å². The number of aliphatic hydroxyl groups excluding tert-OH is 2. The normalized spacial score (nSPS) is 19.3. The minimum atomic E-state index is -1.84. The number of hydrogen-bond acceptors (Lipinski definition) is 25. The van der Waals surface area contributed by atoms with Crippen molar-refractivity contribution in [3.05, 3.63) is 147 Å². The summed E-state index contributed by atoms with van der Waals surface area (Å²) in [5.74, 6) is -7.40.